The van der Waals surface area contributed by atoms with Crippen LogP contribution in [0.25, 0.3) is 10.6 Å². The Balaban J connectivity index is 2.52. The van der Waals surface area contributed by atoms with E-state index in [1.807, 2.05) is 13.0 Å². The highest BCUT2D eigenvalue weighted by Crippen LogP contribution is 2.34. The second-order valence-electron chi connectivity index (χ2n) is 3.47. The van der Waals surface area contributed by atoms with Crippen LogP contribution in [0.1, 0.15) is 10.4 Å². The van der Waals surface area contributed by atoms with Gasteiger partial charge in [0.1, 0.15) is 5.15 Å². The quantitative estimate of drug-likeness (QED) is 0.683. The van der Waals surface area contributed by atoms with Crippen molar-refractivity contribution in [2.24, 2.45) is 0 Å². The normalized spacial score (nSPS) is 11.8. The summed E-state index contributed by atoms with van der Waals surface area (Å²) >= 11 is 6.99. The summed E-state index contributed by atoms with van der Waals surface area (Å²) in [6.45, 7) is 1.88. The topological polar surface area (TPSA) is 12.9 Å². The average molecular weight is 278 g/mol. The summed E-state index contributed by atoms with van der Waals surface area (Å²) in [5.41, 5.74) is -0.526. The Morgan fingerprint density at radius 1 is 1.24 bits per heavy atom. The first-order chi connectivity index (χ1) is 7.86. The fourth-order valence-corrected chi connectivity index (χ4v) is 2.40. The van der Waals surface area contributed by atoms with Crippen molar-refractivity contribution in [2.75, 3.05) is 0 Å². The summed E-state index contributed by atoms with van der Waals surface area (Å²) in [5, 5.41) is -0.152. The first-order valence-electron chi connectivity index (χ1n) is 4.68. The maximum Gasteiger partial charge on any atom is 0.416 e. The fourth-order valence-electron chi connectivity index (χ4n) is 1.36. The number of hydrogen-bond donors (Lipinski definition) is 0. The van der Waals surface area contributed by atoms with Crippen LogP contribution in [0.5, 0.6) is 0 Å². The number of aromatic nitrogens is 1. The molecule has 2 heterocycles. The second-order valence-corrected chi connectivity index (χ2v) is 5.15. The van der Waals surface area contributed by atoms with E-state index < -0.39 is 11.7 Å². The summed E-state index contributed by atoms with van der Waals surface area (Å²) in [7, 11) is 0. The maximum absolute atomic E-state index is 12.6. The Hall–Kier alpha value is -1.07. The molecule has 2 rings (SSSR count). The SMILES string of the molecule is Cc1ccc(-c2cc(C(F)(F)F)cc(Cl)n2)s1. The molecule has 0 N–H and O–H groups in total. The highest BCUT2D eigenvalue weighted by molar-refractivity contribution is 7.15. The van der Waals surface area contributed by atoms with Crippen LogP contribution in [0.4, 0.5) is 13.2 Å². The van der Waals surface area contributed by atoms with E-state index in [0.717, 1.165) is 17.0 Å². The molecule has 0 aliphatic rings. The Labute approximate surface area is 105 Å². The van der Waals surface area contributed by atoms with Crippen molar-refractivity contribution in [3.63, 3.8) is 0 Å². The Kier molecular flexibility index (Phi) is 3.14. The molecule has 0 radical (unpaired) electrons. The summed E-state index contributed by atoms with van der Waals surface area (Å²) in [4.78, 5) is 5.59. The molecule has 0 aromatic carbocycles. The number of thiophene rings is 1. The lowest BCUT2D eigenvalue weighted by Gasteiger charge is -2.08. The Morgan fingerprint density at radius 3 is 2.47 bits per heavy atom. The number of hydrogen-bond acceptors (Lipinski definition) is 2. The molecule has 0 saturated carbocycles. The molecule has 17 heavy (non-hydrogen) atoms. The van der Waals surface area contributed by atoms with E-state index in [4.69, 9.17) is 11.6 Å². The maximum atomic E-state index is 12.6. The second kappa shape index (κ2) is 4.31. The van der Waals surface area contributed by atoms with Gasteiger partial charge < -0.3 is 0 Å². The number of pyridine rings is 1. The molecule has 0 spiro atoms. The van der Waals surface area contributed by atoms with Gasteiger partial charge in [-0.1, -0.05) is 11.6 Å². The van der Waals surface area contributed by atoms with Crippen LogP contribution in [0.3, 0.4) is 0 Å². The lowest BCUT2D eigenvalue weighted by molar-refractivity contribution is -0.137. The largest absolute Gasteiger partial charge is 0.416 e. The number of alkyl halides is 3. The van der Waals surface area contributed by atoms with Crippen molar-refractivity contribution in [2.45, 2.75) is 13.1 Å². The number of nitrogens with zero attached hydrogens (tertiary/aromatic N) is 1. The lowest BCUT2D eigenvalue weighted by Crippen LogP contribution is -2.05. The van der Waals surface area contributed by atoms with Crippen LogP contribution < -0.4 is 0 Å². The molecular weight excluding hydrogens is 271 g/mol. The van der Waals surface area contributed by atoms with Gasteiger partial charge in [0.15, 0.2) is 0 Å². The molecule has 0 fully saturated rings. The monoisotopic (exact) mass is 277 g/mol. The van der Waals surface area contributed by atoms with Crippen molar-refractivity contribution >= 4 is 22.9 Å². The smallest absolute Gasteiger partial charge is 0.235 e. The first kappa shape index (κ1) is 12.4. The van der Waals surface area contributed by atoms with Gasteiger partial charge in [-0.25, -0.2) is 4.98 Å². The van der Waals surface area contributed by atoms with Gasteiger partial charge in [-0.3, -0.25) is 0 Å². The van der Waals surface area contributed by atoms with Crippen molar-refractivity contribution in [3.05, 3.63) is 39.9 Å². The van der Waals surface area contributed by atoms with E-state index in [1.54, 1.807) is 6.07 Å². The van der Waals surface area contributed by atoms with E-state index in [2.05, 4.69) is 4.98 Å². The predicted octanol–water partition coefficient (Wildman–Crippen LogP) is 4.79. The van der Waals surface area contributed by atoms with Gasteiger partial charge in [0.25, 0.3) is 0 Å². The average Bonchev–Trinajstić information content (AvgIpc) is 2.62. The molecule has 0 atom stereocenters. The van der Waals surface area contributed by atoms with Crippen molar-refractivity contribution in [1.82, 2.24) is 4.98 Å². The molecule has 0 amide bonds. The minimum absolute atomic E-state index is 0.152. The van der Waals surface area contributed by atoms with E-state index in [0.29, 0.717) is 4.88 Å². The van der Waals surface area contributed by atoms with E-state index in [9.17, 15) is 13.2 Å². The molecule has 1 nitrogen and oxygen atoms in total. The van der Waals surface area contributed by atoms with Gasteiger partial charge in [-0.2, -0.15) is 13.2 Å². The molecule has 0 saturated heterocycles. The van der Waals surface area contributed by atoms with Gasteiger partial charge in [0.2, 0.25) is 0 Å². The zero-order chi connectivity index (χ0) is 12.6. The molecule has 2 aromatic rings. The van der Waals surface area contributed by atoms with Crippen LogP contribution in [-0.2, 0) is 6.18 Å². The molecule has 0 bridgehead atoms. The predicted molar refractivity (Wildman–Crippen MR) is 62.3 cm³/mol. The van der Waals surface area contributed by atoms with Crippen LogP contribution in [0, 0.1) is 6.92 Å². The van der Waals surface area contributed by atoms with Gasteiger partial charge in [0, 0.05) is 4.88 Å². The number of aryl methyl sites for hydroxylation is 1. The summed E-state index contributed by atoms with van der Waals surface area (Å²) in [6, 6.07) is 5.40. The zero-order valence-corrected chi connectivity index (χ0v) is 10.2. The van der Waals surface area contributed by atoms with Crippen LogP contribution >= 0.6 is 22.9 Å². The minimum atomic E-state index is -4.41. The van der Waals surface area contributed by atoms with E-state index in [-0.39, 0.29) is 10.8 Å². The highest BCUT2D eigenvalue weighted by Gasteiger charge is 2.31. The molecule has 0 unspecified atom stereocenters. The van der Waals surface area contributed by atoms with Crippen molar-refractivity contribution in [3.8, 4) is 10.6 Å². The molecule has 0 aliphatic carbocycles. The highest BCUT2D eigenvalue weighted by atomic mass is 35.5. The minimum Gasteiger partial charge on any atom is -0.235 e. The lowest BCUT2D eigenvalue weighted by atomic mass is 10.2. The summed E-state index contributed by atoms with van der Waals surface area (Å²) in [5.74, 6) is 0. The van der Waals surface area contributed by atoms with Gasteiger partial charge >= 0.3 is 6.18 Å². The standard InChI is InChI=1S/C11H7ClF3NS/c1-6-2-3-9(17-6)8-4-7(11(13,14)15)5-10(12)16-8/h2-5H,1H3. The number of halogens is 4. The van der Waals surface area contributed by atoms with Crippen LogP contribution in [0.2, 0.25) is 5.15 Å². The number of rotatable bonds is 1. The third-order valence-electron chi connectivity index (χ3n) is 2.11. The molecule has 90 valence electrons. The zero-order valence-electron chi connectivity index (χ0n) is 8.68. The third kappa shape index (κ3) is 2.79. The first-order valence-corrected chi connectivity index (χ1v) is 5.87. The molecular formula is C11H7ClF3NS. The molecule has 2 aromatic heterocycles. The van der Waals surface area contributed by atoms with E-state index >= 15 is 0 Å². The van der Waals surface area contributed by atoms with E-state index in [1.165, 1.54) is 11.3 Å². The molecule has 6 heteroatoms. The Morgan fingerprint density at radius 2 is 1.94 bits per heavy atom. The summed E-state index contributed by atoms with van der Waals surface area (Å²) < 4.78 is 37.8. The van der Waals surface area contributed by atoms with Crippen molar-refractivity contribution < 1.29 is 13.2 Å². The van der Waals surface area contributed by atoms with Gasteiger partial charge in [0.05, 0.1) is 16.1 Å². The third-order valence-corrected chi connectivity index (χ3v) is 3.33. The molecule has 0 aliphatic heterocycles. The van der Waals surface area contributed by atoms with Crippen LogP contribution in [-0.4, -0.2) is 4.98 Å². The van der Waals surface area contributed by atoms with Crippen LogP contribution in [0.15, 0.2) is 24.3 Å². The van der Waals surface area contributed by atoms with Crippen molar-refractivity contribution in [1.29, 1.82) is 0 Å². The van der Waals surface area contributed by atoms with Gasteiger partial charge in [-0.05, 0) is 31.2 Å². The summed E-state index contributed by atoms with van der Waals surface area (Å²) in [6.07, 6.45) is -4.41. The fraction of sp³-hybridized carbons (Fsp3) is 0.182. The Bertz CT molecular complexity index is 548. The van der Waals surface area contributed by atoms with Gasteiger partial charge in [-0.15, -0.1) is 11.3 Å².